The predicted octanol–water partition coefficient (Wildman–Crippen LogP) is 1.72. The second-order valence-electron chi connectivity index (χ2n) is 5.70. The van der Waals surface area contributed by atoms with E-state index in [1.54, 1.807) is 24.3 Å². The van der Waals surface area contributed by atoms with Crippen molar-refractivity contribution in [3.63, 3.8) is 0 Å². The van der Waals surface area contributed by atoms with Crippen molar-refractivity contribution >= 4 is 15.9 Å². The maximum atomic E-state index is 12.3. The minimum atomic E-state index is -3.49. The van der Waals surface area contributed by atoms with Crippen molar-refractivity contribution in [2.75, 3.05) is 0 Å². The van der Waals surface area contributed by atoms with Crippen LogP contribution in [0.2, 0.25) is 0 Å². The van der Waals surface area contributed by atoms with Crippen LogP contribution in [0, 0.1) is 6.92 Å². The van der Waals surface area contributed by atoms with Crippen molar-refractivity contribution in [3.8, 4) is 0 Å². The van der Waals surface area contributed by atoms with Gasteiger partial charge in [0.05, 0.1) is 4.90 Å². The maximum Gasteiger partial charge on any atom is 0.240 e. The summed E-state index contributed by atoms with van der Waals surface area (Å²) in [5.74, 6) is -0.0676. The van der Waals surface area contributed by atoms with Crippen LogP contribution in [0.3, 0.4) is 0 Å². The molecule has 1 amide bonds. The number of aryl methyl sites for hydroxylation is 1. The first kappa shape index (κ1) is 16.0. The summed E-state index contributed by atoms with van der Waals surface area (Å²) in [6.07, 6.45) is 3.26. The van der Waals surface area contributed by atoms with Gasteiger partial charge >= 0.3 is 0 Å². The number of carbonyl (C=O) groups excluding carboxylic acids is 1. The van der Waals surface area contributed by atoms with E-state index in [1.807, 2.05) is 6.92 Å². The Bertz CT molecular complexity index is 596. The average molecular weight is 310 g/mol. The summed E-state index contributed by atoms with van der Waals surface area (Å²) < 4.78 is 27.4. The minimum Gasteiger partial charge on any atom is -0.354 e. The van der Waals surface area contributed by atoms with Gasteiger partial charge in [-0.25, -0.2) is 13.1 Å². The molecule has 2 rings (SSSR count). The lowest BCUT2D eigenvalue weighted by molar-refractivity contribution is -0.119. The summed E-state index contributed by atoms with van der Waals surface area (Å²) in [5, 5.41) is 2.87. The smallest absolute Gasteiger partial charge is 0.240 e. The van der Waals surface area contributed by atoms with E-state index in [9.17, 15) is 13.2 Å². The zero-order chi connectivity index (χ0) is 15.5. The molecular weight excluding hydrogens is 288 g/mol. The van der Waals surface area contributed by atoms with Gasteiger partial charge in [-0.15, -0.1) is 0 Å². The molecule has 1 aliphatic rings. The van der Waals surface area contributed by atoms with Crippen molar-refractivity contribution in [3.05, 3.63) is 29.8 Å². The van der Waals surface area contributed by atoms with Crippen LogP contribution in [0.4, 0.5) is 0 Å². The molecule has 2 atom stereocenters. The molecule has 0 unspecified atom stereocenters. The van der Waals surface area contributed by atoms with Gasteiger partial charge in [-0.2, -0.15) is 0 Å². The number of amides is 1. The van der Waals surface area contributed by atoms with Crippen molar-refractivity contribution in [1.82, 2.24) is 10.0 Å². The third-order valence-electron chi connectivity index (χ3n) is 3.73. The number of rotatable bonds is 4. The van der Waals surface area contributed by atoms with E-state index in [0.29, 0.717) is 6.42 Å². The van der Waals surface area contributed by atoms with Gasteiger partial charge in [-0.3, -0.25) is 4.79 Å². The fraction of sp³-hybridized carbons (Fsp3) is 0.533. The lowest BCUT2D eigenvalue weighted by Crippen LogP contribution is -2.45. The fourth-order valence-corrected chi connectivity index (χ4v) is 4.00. The summed E-state index contributed by atoms with van der Waals surface area (Å²) in [7, 11) is -3.49. The minimum absolute atomic E-state index is 0.0574. The van der Waals surface area contributed by atoms with E-state index in [1.165, 1.54) is 6.92 Å². The number of nitrogens with one attached hydrogen (secondary N) is 2. The standard InChI is InChI=1S/C15H22N2O3S/c1-11-6-8-15(9-7-11)21(19,20)17-14-5-3-4-13(10-14)16-12(2)18/h6-9,13-14,17H,3-5,10H2,1-2H3,(H,16,18)/t13-,14-/m1/s1. The summed E-state index contributed by atoms with van der Waals surface area (Å²) in [6.45, 7) is 3.41. The molecule has 0 spiro atoms. The van der Waals surface area contributed by atoms with Crippen LogP contribution < -0.4 is 10.0 Å². The molecule has 1 aliphatic carbocycles. The Balaban J connectivity index is 2.02. The van der Waals surface area contributed by atoms with E-state index in [-0.39, 0.29) is 22.9 Å². The van der Waals surface area contributed by atoms with Gasteiger partial charge in [0.2, 0.25) is 15.9 Å². The van der Waals surface area contributed by atoms with Crippen LogP contribution in [0.5, 0.6) is 0 Å². The summed E-state index contributed by atoms with van der Waals surface area (Å²) in [4.78, 5) is 11.4. The highest BCUT2D eigenvalue weighted by atomic mass is 32.2. The van der Waals surface area contributed by atoms with E-state index in [4.69, 9.17) is 0 Å². The first-order valence-corrected chi connectivity index (χ1v) is 8.71. The van der Waals surface area contributed by atoms with Crippen LogP contribution in [-0.4, -0.2) is 26.4 Å². The van der Waals surface area contributed by atoms with Crippen molar-refractivity contribution in [2.24, 2.45) is 0 Å². The molecule has 0 aromatic heterocycles. The van der Waals surface area contributed by atoms with E-state index < -0.39 is 10.0 Å². The van der Waals surface area contributed by atoms with Gasteiger partial charge in [0.15, 0.2) is 0 Å². The molecule has 0 aliphatic heterocycles. The van der Waals surface area contributed by atoms with Crippen LogP contribution in [0.1, 0.15) is 38.2 Å². The molecule has 2 N–H and O–H groups in total. The Hall–Kier alpha value is -1.40. The van der Waals surface area contributed by atoms with E-state index in [0.717, 1.165) is 24.8 Å². The van der Waals surface area contributed by atoms with Crippen LogP contribution in [-0.2, 0) is 14.8 Å². The van der Waals surface area contributed by atoms with E-state index >= 15 is 0 Å². The molecule has 1 aromatic carbocycles. The van der Waals surface area contributed by atoms with Gasteiger partial charge in [0.25, 0.3) is 0 Å². The van der Waals surface area contributed by atoms with E-state index in [2.05, 4.69) is 10.0 Å². The summed E-state index contributed by atoms with van der Waals surface area (Å²) >= 11 is 0. The Labute approximate surface area is 126 Å². The number of hydrogen-bond acceptors (Lipinski definition) is 3. The van der Waals surface area contributed by atoms with Crippen molar-refractivity contribution in [1.29, 1.82) is 0 Å². The zero-order valence-electron chi connectivity index (χ0n) is 12.4. The Morgan fingerprint density at radius 2 is 1.76 bits per heavy atom. The normalized spacial score (nSPS) is 22.8. The first-order chi connectivity index (χ1) is 9.87. The zero-order valence-corrected chi connectivity index (χ0v) is 13.2. The third kappa shape index (κ3) is 4.54. The molecule has 116 valence electrons. The predicted molar refractivity (Wildman–Crippen MR) is 81.4 cm³/mol. The van der Waals surface area contributed by atoms with Gasteiger partial charge in [0.1, 0.15) is 0 Å². The molecule has 1 aromatic rings. The molecule has 5 nitrogen and oxygen atoms in total. The Kier molecular flexibility index (Phi) is 5.00. The number of carbonyl (C=O) groups is 1. The second-order valence-corrected chi connectivity index (χ2v) is 7.41. The van der Waals surface area contributed by atoms with Gasteiger partial charge in [-0.1, -0.05) is 17.7 Å². The van der Waals surface area contributed by atoms with Gasteiger partial charge in [0, 0.05) is 19.0 Å². The van der Waals surface area contributed by atoms with Crippen LogP contribution >= 0.6 is 0 Å². The molecule has 0 saturated heterocycles. The number of hydrogen-bond donors (Lipinski definition) is 2. The molecule has 0 radical (unpaired) electrons. The van der Waals surface area contributed by atoms with Crippen LogP contribution in [0.25, 0.3) is 0 Å². The van der Waals surface area contributed by atoms with Crippen molar-refractivity contribution < 1.29 is 13.2 Å². The average Bonchev–Trinajstić information content (AvgIpc) is 2.38. The summed E-state index contributed by atoms with van der Waals surface area (Å²) in [5.41, 5.74) is 1.03. The van der Waals surface area contributed by atoms with Crippen LogP contribution in [0.15, 0.2) is 29.2 Å². The molecule has 21 heavy (non-hydrogen) atoms. The Morgan fingerprint density at radius 3 is 2.38 bits per heavy atom. The quantitative estimate of drug-likeness (QED) is 0.889. The topological polar surface area (TPSA) is 75.3 Å². The molecule has 1 saturated carbocycles. The maximum absolute atomic E-state index is 12.3. The first-order valence-electron chi connectivity index (χ1n) is 7.23. The highest BCUT2D eigenvalue weighted by Gasteiger charge is 2.26. The van der Waals surface area contributed by atoms with Gasteiger partial charge in [-0.05, 0) is 44.7 Å². The molecular formula is C15H22N2O3S. The molecule has 1 fully saturated rings. The molecule has 0 heterocycles. The lowest BCUT2D eigenvalue weighted by Gasteiger charge is -2.29. The third-order valence-corrected chi connectivity index (χ3v) is 5.27. The Morgan fingerprint density at radius 1 is 1.14 bits per heavy atom. The number of sulfonamides is 1. The summed E-state index contributed by atoms with van der Waals surface area (Å²) in [6, 6.07) is 6.74. The lowest BCUT2D eigenvalue weighted by atomic mass is 9.91. The largest absolute Gasteiger partial charge is 0.354 e. The highest BCUT2D eigenvalue weighted by molar-refractivity contribution is 7.89. The van der Waals surface area contributed by atoms with Crippen molar-refractivity contribution in [2.45, 2.75) is 56.5 Å². The van der Waals surface area contributed by atoms with Gasteiger partial charge < -0.3 is 5.32 Å². The molecule has 0 bridgehead atoms. The monoisotopic (exact) mass is 310 g/mol. The fourth-order valence-electron chi connectivity index (χ4n) is 2.72. The highest BCUT2D eigenvalue weighted by Crippen LogP contribution is 2.21. The SMILES string of the molecule is CC(=O)N[C@@H]1CCC[C@@H](NS(=O)(=O)c2ccc(C)cc2)C1. The number of benzene rings is 1. The molecule has 6 heteroatoms. The second kappa shape index (κ2) is 6.58.